The second-order valence-corrected chi connectivity index (χ2v) is 5.30. The Morgan fingerprint density at radius 3 is 2.42 bits per heavy atom. The summed E-state index contributed by atoms with van der Waals surface area (Å²) in [5.41, 5.74) is 0.446. The van der Waals surface area contributed by atoms with Gasteiger partial charge >= 0.3 is 0 Å². The van der Waals surface area contributed by atoms with Gasteiger partial charge in [-0.1, -0.05) is 0 Å². The van der Waals surface area contributed by atoms with Crippen LogP contribution < -0.4 is 4.90 Å². The number of hydrogen-bond acceptors (Lipinski definition) is 5. The van der Waals surface area contributed by atoms with Crippen molar-refractivity contribution >= 4 is 5.82 Å². The molecule has 2 saturated heterocycles. The monoisotopic (exact) mass is 257 g/mol. The smallest absolute Gasteiger partial charge is 0.183 e. The number of likely N-dealkylation sites (tertiary alicyclic amines) is 1. The molecule has 19 heavy (non-hydrogen) atoms. The molecule has 0 aromatic carbocycles. The molecule has 2 aliphatic rings. The number of nitrogens with zero attached hydrogens (tertiary/aromatic N) is 5. The molecule has 5 heteroatoms. The van der Waals surface area contributed by atoms with Crippen LogP contribution in [-0.4, -0.2) is 47.1 Å². The van der Waals surface area contributed by atoms with Gasteiger partial charge in [-0.15, -0.1) is 0 Å². The molecule has 3 heterocycles. The van der Waals surface area contributed by atoms with Gasteiger partial charge in [0.1, 0.15) is 6.07 Å². The third kappa shape index (κ3) is 2.54. The SMILES string of the molecule is N#Cc1nccnc1N1CCC(N2CCCC2)CC1. The van der Waals surface area contributed by atoms with Crippen LogP contribution in [0.1, 0.15) is 31.4 Å². The molecule has 0 amide bonds. The minimum absolute atomic E-state index is 0.446. The van der Waals surface area contributed by atoms with E-state index in [1.54, 1.807) is 12.4 Å². The summed E-state index contributed by atoms with van der Waals surface area (Å²) in [6, 6.07) is 2.86. The second-order valence-electron chi connectivity index (χ2n) is 5.30. The highest BCUT2D eigenvalue weighted by Gasteiger charge is 2.27. The molecular formula is C14H19N5. The minimum atomic E-state index is 0.446. The van der Waals surface area contributed by atoms with E-state index in [1.165, 1.54) is 38.8 Å². The minimum Gasteiger partial charge on any atom is -0.354 e. The molecule has 1 aromatic heterocycles. The summed E-state index contributed by atoms with van der Waals surface area (Å²) in [7, 11) is 0. The molecule has 0 aliphatic carbocycles. The van der Waals surface area contributed by atoms with Gasteiger partial charge in [-0.25, -0.2) is 9.97 Å². The Bertz CT molecular complexity index is 467. The standard InChI is InChI=1S/C14H19N5/c15-11-13-14(17-6-5-16-13)19-9-3-12(4-10-19)18-7-1-2-8-18/h5-6,12H,1-4,7-10H2. The van der Waals surface area contributed by atoms with Crippen molar-refractivity contribution < 1.29 is 0 Å². The van der Waals surface area contributed by atoms with Crippen molar-refractivity contribution in [2.45, 2.75) is 31.7 Å². The molecule has 0 N–H and O–H groups in total. The molecule has 3 rings (SSSR count). The quantitative estimate of drug-likeness (QED) is 0.802. The van der Waals surface area contributed by atoms with Crippen molar-refractivity contribution in [2.75, 3.05) is 31.1 Å². The number of aromatic nitrogens is 2. The molecule has 2 fully saturated rings. The number of anilines is 1. The number of nitriles is 1. The first kappa shape index (κ1) is 12.4. The zero-order valence-electron chi connectivity index (χ0n) is 11.1. The second kappa shape index (κ2) is 5.54. The van der Waals surface area contributed by atoms with Crippen LogP contribution in [0.5, 0.6) is 0 Å². The Labute approximate surface area is 113 Å². The number of rotatable bonds is 2. The normalized spacial score (nSPS) is 21.5. The van der Waals surface area contributed by atoms with Gasteiger partial charge in [-0.05, 0) is 38.8 Å². The van der Waals surface area contributed by atoms with Crippen LogP contribution in [0.15, 0.2) is 12.4 Å². The summed E-state index contributed by atoms with van der Waals surface area (Å²) < 4.78 is 0. The lowest BCUT2D eigenvalue weighted by Gasteiger charge is -2.37. The lowest BCUT2D eigenvalue weighted by atomic mass is 10.0. The van der Waals surface area contributed by atoms with Crippen LogP contribution in [0.3, 0.4) is 0 Å². The van der Waals surface area contributed by atoms with Gasteiger partial charge in [-0.3, -0.25) is 0 Å². The van der Waals surface area contributed by atoms with Gasteiger partial charge in [0.05, 0.1) is 0 Å². The maximum absolute atomic E-state index is 9.09. The largest absolute Gasteiger partial charge is 0.354 e. The molecule has 100 valence electrons. The van der Waals surface area contributed by atoms with E-state index in [9.17, 15) is 0 Å². The van der Waals surface area contributed by atoms with E-state index in [-0.39, 0.29) is 0 Å². The molecule has 0 spiro atoms. The number of piperidine rings is 1. The summed E-state index contributed by atoms with van der Waals surface area (Å²) >= 11 is 0. The van der Waals surface area contributed by atoms with Crippen molar-refractivity contribution in [1.29, 1.82) is 5.26 Å². The topological polar surface area (TPSA) is 56.1 Å². The molecule has 0 saturated carbocycles. The van der Waals surface area contributed by atoms with E-state index in [0.29, 0.717) is 5.69 Å². The van der Waals surface area contributed by atoms with Gasteiger partial charge in [0.15, 0.2) is 11.5 Å². The van der Waals surface area contributed by atoms with E-state index < -0.39 is 0 Å². The van der Waals surface area contributed by atoms with Crippen LogP contribution in [0.4, 0.5) is 5.82 Å². The fourth-order valence-corrected chi connectivity index (χ4v) is 3.19. The van der Waals surface area contributed by atoms with Crippen LogP contribution >= 0.6 is 0 Å². The zero-order chi connectivity index (χ0) is 13.1. The third-order valence-electron chi connectivity index (χ3n) is 4.21. The van der Waals surface area contributed by atoms with E-state index in [1.807, 2.05) is 0 Å². The first-order chi connectivity index (χ1) is 9.38. The highest BCUT2D eigenvalue weighted by molar-refractivity contribution is 5.49. The fourth-order valence-electron chi connectivity index (χ4n) is 3.19. The van der Waals surface area contributed by atoms with Gasteiger partial charge < -0.3 is 9.80 Å². The lowest BCUT2D eigenvalue weighted by Crippen LogP contribution is -2.44. The van der Waals surface area contributed by atoms with Crippen molar-refractivity contribution in [3.63, 3.8) is 0 Å². The zero-order valence-corrected chi connectivity index (χ0v) is 11.1. The summed E-state index contributed by atoms with van der Waals surface area (Å²) in [5, 5.41) is 9.09. The summed E-state index contributed by atoms with van der Waals surface area (Å²) in [4.78, 5) is 13.2. The molecule has 0 bridgehead atoms. The van der Waals surface area contributed by atoms with E-state index in [2.05, 4.69) is 25.8 Å². The summed E-state index contributed by atoms with van der Waals surface area (Å²) in [5.74, 6) is 0.755. The average Bonchev–Trinajstić information content (AvgIpc) is 3.02. The van der Waals surface area contributed by atoms with E-state index in [4.69, 9.17) is 5.26 Å². The third-order valence-corrected chi connectivity index (χ3v) is 4.21. The first-order valence-corrected chi connectivity index (χ1v) is 7.08. The molecule has 2 aliphatic heterocycles. The van der Waals surface area contributed by atoms with Crippen molar-refractivity contribution in [3.05, 3.63) is 18.1 Å². The Hall–Kier alpha value is -1.67. The van der Waals surface area contributed by atoms with Gasteiger partial charge in [0.2, 0.25) is 0 Å². The van der Waals surface area contributed by atoms with E-state index in [0.717, 1.165) is 24.9 Å². The van der Waals surface area contributed by atoms with Crippen molar-refractivity contribution in [3.8, 4) is 6.07 Å². The first-order valence-electron chi connectivity index (χ1n) is 7.08. The van der Waals surface area contributed by atoms with Crippen LogP contribution in [-0.2, 0) is 0 Å². The Morgan fingerprint density at radius 2 is 1.74 bits per heavy atom. The molecule has 0 atom stereocenters. The van der Waals surface area contributed by atoms with Crippen molar-refractivity contribution in [2.24, 2.45) is 0 Å². The highest BCUT2D eigenvalue weighted by Crippen LogP contribution is 2.24. The van der Waals surface area contributed by atoms with Gasteiger partial charge in [-0.2, -0.15) is 5.26 Å². The molecule has 0 unspecified atom stereocenters. The van der Waals surface area contributed by atoms with Crippen LogP contribution in [0.2, 0.25) is 0 Å². The lowest BCUT2D eigenvalue weighted by molar-refractivity contribution is 0.207. The van der Waals surface area contributed by atoms with Crippen molar-refractivity contribution in [1.82, 2.24) is 14.9 Å². The molecule has 1 aromatic rings. The highest BCUT2D eigenvalue weighted by atomic mass is 15.2. The Morgan fingerprint density at radius 1 is 1.05 bits per heavy atom. The summed E-state index contributed by atoms with van der Waals surface area (Å²) in [6.07, 6.45) is 8.29. The fraction of sp³-hybridized carbons (Fsp3) is 0.643. The molecule has 5 nitrogen and oxygen atoms in total. The molecule has 0 radical (unpaired) electrons. The maximum Gasteiger partial charge on any atom is 0.183 e. The van der Waals surface area contributed by atoms with Crippen LogP contribution in [0, 0.1) is 11.3 Å². The maximum atomic E-state index is 9.09. The molecular weight excluding hydrogens is 238 g/mol. The average molecular weight is 257 g/mol. The van der Waals surface area contributed by atoms with Gasteiger partial charge in [0, 0.05) is 31.5 Å². The van der Waals surface area contributed by atoms with Crippen LogP contribution in [0.25, 0.3) is 0 Å². The van der Waals surface area contributed by atoms with Gasteiger partial charge in [0.25, 0.3) is 0 Å². The Kier molecular flexibility index (Phi) is 3.60. The van der Waals surface area contributed by atoms with E-state index >= 15 is 0 Å². The Balaban J connectivity index is 1.65. The predicted molar refractivity (Wildman–Crippen MR) is 72.8 cm³/mol. The predicted octanol–water partition coefficient (Wildman–Crippen LogP) is 1.41. The number of hydrogen-bond donors (Lipinski definition) is 0. The summed E-state index contributed by atoms with van der Waals surface area (Å²) in [6.45, 7) is 4.49.